The van der Waals surface area contributed by atoms with Crippen molar-refractivity contribution in [3.8, 4) is 0 Å². The molecule has 0 aromatic heterocycles. The van der Waals surface area contributed by atoms with Crippen molar-refractivity contribution < 1.29 is 13.2 Å². The van der Waals surface area contributed by atoms with E-state index in [1.54, 1.807) is 31.2 Å². The lowest BCUT2D eigenvalue weighted by atomic mass is 9.97. The Morgan fingerprint density at radius 3 is 2.36 bits per heavy atom. The van der Waals surface area contributed by atoms with Crippen molar-refractivity contribution >= 4 is 33.2 Å². The number of benzene rings is 2. The van der Waals surface area contributed by atoms with Crippen molar-refractivity contribution in [1.82, 2.24) is 4.31 Å². The van der Waals surface area contributed by atoms with E-state index in [9.17, 15) is 13.2 Å². The molecule has 150 valence electrons. The lowest BCUT2D eigenvalue weighted by molar-refractivity contribution is -0.120. The molecule has 1 aliphatic heterocycles. The molecule has 1 aliphatic rings. The molecule has 0 spiro atoms. The third-order valence-electron chi connectivity index (χ3n) is 5.23. The highest BCUT2D eigenvalue weighted by Crippen LogP contribution is 2.28. The summed E-state index contributed by atoms with van der Waals surface area (Å²) in [5, 5.41) is 3.57. The molecule has 3 rings (SSSR count). The standard InChI is InChI=1S/C21H25ClN2O3S/c1-14-4-5-15(2)20(12-14)28(26,27)24-10-8-17(9-11-24)21(25)23-19-7-6-18(22)13-16(19)3/h4-7,12-13,17H,8-11H2,1-3H3,(H,23,25). The van der Waals surface area contributed by atoms with Gasteiger partial charge in [0.2, 0.25) is 15.9 Å². The van der Waals surface area contributed by atoms with Crippen LogP contribution in [0.25, 0.3) is 0 Å². The summed E-state index contributed by atoms with van der Waals surface area (Å²) in [6, 6.07) is 10.8. The topological polar surface area (TPSA) is 66.5 Å². The van der Waals surface area contributed by atoms with Gasteiger partial charge in [0.1, 0.15) is 0 Å². The van der Waals surface area contributed by atoms with Gasteiger partial charge in [0, 0.05) is 29.7 Å². The number of carbonyl (C=O) groups is 1. The Kier molecular flexibility index (Phi) is 6.12. The van der Waals surface area contributed by atoms with Crippen LogP contribution in [0.1, 0.15) is 29.5 Å². The predicted octanol–water partition coefficient (Wildman–Crippen LogP) is 4.30. The van der Waals surface area contributed by atoms with Crippen LogP contribution in [0.15, 0.2) is 41.3 Å². The molecule has 28 heavy (non-hydrogen) atoms. The maximum absolute atomic E-state index is 13.0. The Morgan fingerprint density at radius 2 is 1.71 bits per heavy atom. The SMILES string of the molecule is Cc1ccc(C)c(S(=O)(=O)N2CCC(C(=O)Nc3ccc(Cl)cc3C)CC2)c1. The van der Waals surface area contributed by atoms with Gasteiger partial charge in [0.05, 0.1) is 4.90 Å². The second-order valence-corrected chi connectivity index (χ2v) is 9.74. The third kappa shape index (κ3) is 4.40. The normalized spacial score (nSPS) is 16.1. The molecule has 7 heteroatoms. The zero-order valence-corrected chi connectivity index (χ0v) is 17.9. The van der Waals surface area contributed by atoms with Gasteiger partial charge in [-0.25, -0.2) is 8.42 Å². The highest BCUT2D eigenvalue weighted by atomic mass is 35.5. The molecule has 2 aromatic carbocycles. The van der Waals surface area contributed by atoms with Gasteiger partial charge in [-0.3, -0.25) is 4.79 Å². The second kappa shape index (κ2) is 8.23. The Balaban J connectivity index is 1.66. The van der Waals surface area contributed by atoms with Crippen LogP contribution >= 0.6 is 11.6 Å². The average molecular weight is 421 g/mol. The molecule has 0 atom stereocenters. The van der Waals surface area contributed by atoms with E-state index < -0.39 is 10.0 Å². The number of anilines is 1. The summed E-state index contributed by atoms with van der Waals surface area (Å²) < 4.78 is 27.5. The van der Waals surface area contributed by atoms with E-state index in [1.807, 2.05) is 26.0 Å². The molecule has 1 amide bonds. The molecule has 2 aromatic rings. The number of piperidine rings is 1. The highest BCUT2D eigenvalue weighted by Gasteiger charge is 2.33. The molecule has 1 N–H and O–H groups in total. The highest BCUT2D eigenvalue weighted by molar-refractivity contribution is 7.89. The molecule has 1 fully saturated rings. The molecular formula is C21H25ClN2O3S. The number of sulfonamides is 1. The first-order valence-electron chi connectivity index (χ1n) is 9.33. The van der Waals surface area contributed by atoms with E-state index in [0.717, 1.165) is 22.4 Å². The molecule has 5 nitrogen and oxygen atoms in total. The first-order chi connectivity index (χ1) is 13.2. The fourth-order valence-corrected chi connectivity index (χ4v) is 5.49. The minimum absolute atomic E-state index is 0.0748. The van der Waals surface area contributed by atoms with Crippen molar-refractivity contribution in [2.45, 2.75) is 38.5 Å². The number of hydrogen-bond acceptors (Lipinski definition) is 3. The smallest absolute Gasteiger partial charge is 0.243 e. The van der Waals surface area contributed by atoms with Crippen molar-refractivity contribution in [1.29, 1.82) is 0 Å². The first-order valence-corrected chi connectivity index (χ1v) is 11.1. The summed E-state index contributed by atoms with van der Waals surface area (Å²) in [5.41, 5.74) is 3.29. The Bertz CT molecular complexity index is 997. The van der Waals surface area contributed by atoms with Crippen LogP contribution in [0.2, 0.25) is 5.02 Å². The van der Waals surface area contributed by atoms with Gasteiger partial charge in [0.15, 0.2) is 0 Å². The number of hydrogen-bond donors (Lipinski definition) is 1. The summed E-state index contributed by atoms with van der Waals surface area (Å²) in [5.74, 6) is -0.283. The van der Waals surface area contributed by atoms with Gasteiger partial charge in [-0.1, -0.05) is 23.7 Å². The summed E-state index contributed by atoms with van der Waals surface area (Å²) in [4.78, 5) is 13.0. The summed E-state index contributed by atoms with van der Waals surface area (Å²) in [6.07, 6.45) is 1.01. The lowest BCUT2D eigenvalue weighted by Crippen LogP contribution is -2.41. The van der Waals surface area contributed by atoms with E-state index in [-0.39, 0.29) is 11.8 Å². The maximum atomic E-state index is 13.0. The monoisotopic (exact) mass is 420 g/mol. The Hall–Kier alpha value is -1.89. The first kappa shape index (κ1) is 20.8. The van der Waals surface area contributed by atoms with Crippen LogP contribution in [0, 0.1) is 26.7 Å². The second-order valence-electron chi connectivity index (χ2n) is 7.40. The number of carbonyl (C=O) groups excluding carboxylic acids is 1. The Morgan fingerprint density at radius 1 is 1.04 bits per heavy atom. The summed E-state index contributed by atoms with van der Waals surface area (Å²) >= 11 is 5.96. The van der Waals surface area contributed by atoms with E-state index in [2.05, 4.69) is 5.32 Å². The largest absolute Gasteiger partial charge is 0.326 e. The van der Waals surface area contributed by atoms with E-state index in [0.29, 0.717) is 35.8 Å². The summed E-state index contributed by atoms with van der Waals surface area (Å²) in [7, 11) is -3.55. The Labute approximate surface area is 171 Å². The number of nitrogens with zero attached hydrogens (tertiary/aromatic N) is 1. The van der Waals surface area contributed by atoms with Gasteiger partial charge in [-0.15, -0.1) is 0 Å². The molecule has 0 radical (unpaired) electrons. The summed E-state index contributed by atoms with van der Waals surface area (Å²) in [6.45, 7) is 6.26. The number of amides is 1. The van der Waals surface area contributed by atoms with E-state index >= 15 is 0 Å². The molecule has 0 aliphatic carbocycles. The zero-order chi connectivity index (χ0) is 20.5. The minimum atomic E-state index is -3.55. The third-order valence-corrected chi connectivity index (χ3v) is 7.51. The average Bonchev–Trinajstić information content (AvgIpc) is 2.66. The van der Waals surface area contributed by atoms with Gasteiger partial charge >= 0.3 is 0 Å². The number of halogens is 1. The van der Waals surface area contributed by atoms with Crippen molar-refractivity contribution in [2.75, 3.05) is 18.4 Å². The van der Waals surface area contributed by atoms with Crippen molar-refractivity contribution in [3.05, 3.63) is 58.1 Å². The molecule has 1 saturated heterocycles. The van der Waals surface area contributed by atoms with Gasteiger partial charge in [0.25, 0.3) is 0 Å². The number of aryl methyl sites for hydroxylation is 3. The van der Waals surface area contributed by atoms with Crippen molar-refractivity contribution in [2.24, 2.45) is 5.92 Å². The van der Waals surface area contributed by atoms with Gasteiger partial charge in [-0.2, -0.15) is 4.31 Å². The maximum Gasteiger partial charge on any atom is 0.243 e. The van der Waals surface area contributed by atoms with Gasteiger partial charge in [-0.05, 0) is 74.6 Å². The predicted molar refractivity (Wildman–Crippen MR) is 112 cm³/mol. The molecule has 0 saturated carbocycles. The van der Waals surface area contributed by atoms with Crippen LogP contribution in [0.4, 0.5) is 5.69 Å². The number of nitrogens with one attached hydrogen (secondary N) is 1. The lowest BCUT2D eigenvalue weighted by Gasteiger charge is -2.31. The quantitative estimate of drug-likeness (QED) is 0.801. The van der Waals surface area contributed by atoms with Crippen LogP contribution in [-0.2, 0) is 14.8 Å². The van der Waals surface area contributed by atoms with Crippen LogP contribution in [-0.4, -0.2) is 31.7 Å². The van der Waals surface area contributed by atoms with Gasteiger partial charge < -0.3 is 5.32 Å². The minimum Gasteiger partial charge on any atom is -0.326 e. The molecule has 0 unspecified atom stereocenters. The van der Waals surface area contributed by atoms with Crippen LogP contribution in [0.3, 0.4) is 0 Å². The van der Waals surface area contributed by atoms with Crippen LogP contribution in [0.5, 0.6) is 0 Å². The zero-order valence-electron chi connectivity index (χ0n) is 16.3. The van der Waals surface area contributed by atoms with E-state index in [1.165, 1.54) is 4.31 Å². The number of rotatable bonds is 4. The fraction of sp³-hybridized carbons (Fsp3) is 0.381. The fourth-order valence-electron chi connectivity index (χ4n) is 3.48. The molecule has 1 heterocycles. The molecular weight excluding hydrogens is 396 g/mol. The molecule has 0 bridgehead atoms. The van der Waals surface area contributed by atoms with Crippen LogP contribution < -0.4 is 5.32 Å². The van der Waals surface area contributed by atoms with Crippen molar-refractivity contribution in [3.63, 3.8) is 0 Å². The van der Waals surface area contributed by atoms with E-state index in [4.69, 9.17) is 11.6 Å².